The standard InChI is InChI=1S/C9H11N3O/c1-3-7(12-8(13)4-2)9-10-5-6-11-9/h2,5-7H,3H2,1H3,(H,10,11)(H,12,13). The first kappa shape index (κ1) is 9.33. The molecule has 0 aliphatic rings. The van der Waals surface area contributed by atoms with Crippen LogP contribution in [-0.4, -0.2) is 15.9 Å². The van der Waals surface area contributed by atoms with E-state index in [0.29, 0.717) is 0 Å². The highest BCUT2D eigenvalue weighted by Gasteiger charge is 2.12. The van der Waals surface area contributed by atoms with E-state index in [-0.39, 0.29) is 6.04 Å². The van der Waals surface area contributed by atoms with Gasteiger partial charge in [0.1, 0.15) is 5.82 Å². The summed E-state index contributed by atoms with van der Waals surface area (Å²) in [5, 5.41) is 2.65. The fraction of sp³-hybridized carbons (Fsp3) is 0.333. The van der Waals surface area contributed by atoms with E-state index in [9.17, 15) is 4.79 Å². The van der Waals surface area contributed by atoms with Crippen molar-refractivity contribution in [3.63, 3.8) is 0 Å². The molecule has 0 aliphatic carbocycles. The van der Waals surface area contributed by atoms with Crippen LogP contribution in [0, 0.1) is 12.3 Å². The highest BCUT2D eigenvalue weighted by molar-refractivity contribution is 5.93. The molecule has 0 aliphatic heterocycles. The minimum absolute atomic E-state index is 0.126. The van der Waals surface area contributed by atoms with Crippen LogP contribution in [0.4, 0.5) is 0 Å². The molecule has 0 bridgehead atoms. The molecule has 0 saturated carbocycles. The van der Waals surface area contributed by atoms with Crippen LogP contribution in [-0.2, 0) is 4.79 Å². The Balaban J connectivity index is 2.65. The van der Waals surface area contributed by atoms with E-state index in [4.69, 9.17) is 6.42 Å². The number of imidazole rings is 1. The van der Waals surface area contributed by atoms with E-state index >= 15 is 0 Å². The summed E-state index contributed by atoms with van der Waals surface area (Å²) in [4.78, 5) is 17.8. The maximum absolute atomic E-state index is 10.9. The molecule has 13 heavy (non-hydrogen) atoms. The zero-order valence-corrected chi connectivity index (χ0v) is 7.37. The average molecular weight is 177 g/mol. The van der Waals surface area contributed by atoms with Gasteiger partial charge in [0.15, 0.2) is 0 Å². The number of nitrogens with one attached hydrogen (secondary N) is 2. The predicted molar refractivity (Wildman–Crippen MR) is 48.6 cm³/mol. The number of carbonyl (C=O) groups is 1. The molecule has 1 aromatic heterocycles. The largest absolute Gasteiger partial charge is 0.347 e. The molecule has 0 spiro atoms. The van der Waals surface area contributed by atoms with Crippen LogP contribution < -0.4 is 5.32 Å². The third kappa shape index (κ3) is 2.34. The second-order valence-corrected chi connectivity index (χ2v) is 2.55. The monoisotopic (exact) mass is 177 g/mol. The Morgan fingerprint density at radius 2 is 2.69 bits per heavy atom. The van der Waals surface area contributed by atoms with Gasteiger partial charge in [0.2, 0.25) is 0 Å². The Morgan fingerprint density at radius 1 is 1.92 bits per heavy atom. The lowest BCUT2D eigenvalue weighted by Gasteiger charge is -2.11. The van der Waals surface area contributed by atoms with Gasteiger partial charge in [-0.05, 0) is 12.3 Å². The maximum atomic E-state index is 10.9. The van der Waals surface area contributed by atoms with Crippen molar-refractivity contribution in [1.29, 1.82) is 0 Å². The molecule has 1 atom stereocenters. The minimum Gasteiger partial charge on any atom is -0.347 e. The zero-order valence-electron chi connectivity index (χ0n) is 7.37. The molecule has 2 N–H and O–H groups in total. The Hall–Kier alpha value is -1.76. The fourth-order valence-electron chi connectivity index (χ4n) is 1.03. The van der Waals surface area contributed by atoms with Crippen molar-refractivity contribution in [3.8, 4) is 12.3 Å². The molecule has 1 rings (SSSR count). The summed E-state index contributed by atoms with van der Waals surface area (Å²) in [6.45, 7) is 1.95. The first-order valence-electron chi connectivity index (χ1n) is 4.04. The summed E-state index contributed by atoms with van der Waals surface area (Å²) < 4.78 is 0. The van der Waals surface area contributed by atoms with Gasteiger partial charge in [0.05, 0.1) is 6.04 Å². The Morgan fingerprint density at radius 3 is 3.15 bits per heavy atom. The molecule has 0 saturated heterocycles. The van der Waals surface area contributed by atoms with Gasteiger partial charge in [-0.15, -0.1) is 6.42 Å². The third-order valence-electron chi connectivity index (χ3n) is 1.69. The number of nitrogens with zero attached hydrogens (tertiary/aromatic N) is 1. The highest BCUT2D eigenvalue weighted by Crippen LogP contribution is 2.10. The van der Waals surface area contributed by atoms with Crippen molar-refractivity contribution < 1.29 is 4.79 Å². The molecule has 1 unspecified atom stereocenters. The van der Waals surface area contributed by atoms with Crippen LogP contribution >= 0.6 is 0 Å². The number of carbonyl (C=O) groups excluding carboxylic acids is 1. The van der Waals surface area contributed by atoms with E-state index in [1.54, 1.807) is 12.4 Å². The minimum atomic E-state index is -0.414. The van der Waals surface area contributed by atoms with Gasteiger partial charge in [-0.1, -0.05) is 6.92 Å². The van der Waals surface area contributed by atoms with Gasteiger partial charge in [-0.3, -0.25) is 4.79 Å². The number of terminal acetylenes is 1. The highest BCUT2D eigenvalue weighted by atomic mass is 16.1. The number of amides is 1. The first-order valence-corrected chi connectivity index (χ1v) is 4.04. The van der Waals surface area contributed by atoms with E-state index in [0.717, 1.165) is 12.2 Å². The molecule has 1 heterocycles. The second kappa shape index (κ2) is 4.31. The summed E-state index contributed by atoms with van der Waals surface area (Å²) >= 11 is 0. The average Bonchev–Trinajstić information content (AvgIpc) is 2.66. The summed E-state index contributed by atoms with van der Waals surface area (Å²) in [6.07, 6.45) is 9.03. The Bertz CT molecular complexity index is 310. The van der Waals surface area contributed by atoms with Crippen molar-refractivity contribution in [1.82, 2.24) is 15.3 Å². The lowest BCUT2D eigenvalue weighted by molar-refractivity contribution is -0.116. The van der Waals surface area contributed by atoms with Gasteiger partial charge in [-0.2, -0.15) is 0 Å². The summed E-state index contributed by atoms with van der Waals surface area (Å²) in [5.74, 6) is 2.31. The van der Waals surface area contributed by atoms with Crippen LogP contribution in [0.25, 0.3) is 0 Å². The number of aromatic amines is 1. The number of hydrogen-bond acceptors (Lipinski definition) is 2. The van der Waals surface area contributed by atoms with Gasteiger partial charge in [0, 0.05) is 12.4 Å². The van der Waals surface area contributed by atoms with Gasteiger partial charge >= 0.3 is 0 Å². The van der Waals surface area contributed by atoms with E-state index in [1.807, 2.05) is 12.8 Å². The summed E-state index contributed by atoms with van der Waals surface area (Å²) in [6, 6.07) is -0.126. The molecule has 4 heteroatoms. The van der Waals surface area contributed by atoms with Crippen LogP contribution in [0.2, 0.25) is 0 Å². The van der Waals surface area contributed by atoms with Crippen LogP contribution in [0.1, 0.15) is 25.2 Å². The Labute approximate surface area is 76.8 Å². The smallest absolute Gasteiger partial charge is 0.296 e. The second-order valence-electron chi connectivity index (χ2n) is 2.55. The number of H-pyrrole nitrogens is 1. The van der Waals surface area contributed by atoms with Crippen molar-refractivity contribution in [2.24, 2.45) is 0 Å². The topological polar surface area (TPSA) is 57.8 Å². The van der Waals surface area contributed by atoms with Crippen molar-refractivity contribution in [2.45, 2.75) is 19.4 Å². The molecule has 0 aromatic carbocycles. The lowest BCUT2D eigenvalue weighted by atomic mass is 10.2. The summed E-state index contributed by atoms with van der Waals surface area (Å²) in [5.41, 5.74) is 0. The third-order valence-corrected chi connectivity index (χ3v) is 1.69. The molecule has 1 aromatic rings. The number of hydrogen-bond donors (Lipinski definition) is 2. The van der Waals surface area contributed by atoms with Crippen LogP contribution in [0.5, 0.6) is 0 Å². The first-order chi connectivity index (χ1) is 6.27. The van der Waals surface area contributed by atoms with Gasteiger partial charge < -0.3 is 10.3 Å². The van der Waals surface area contributed by atoms with Gasteiger partial charge in [-0.25, -0.2) is 4.98 Å². The van der Waals surface area contributed by atoms with Crippen molar-refractivity contribution >= 4 is 5.91 Å². The molecular weight excluding hydrogens is 166 g/mol. The molecule has 68 valence electrons. The molecule has 0 fully saturated rings. The van der Waals surface area contributed by atoms with Crippen molar-refractivity contribution in [2.75, 3.05) is 0 Å². The normalized spacial score (nSPS) is 11.7. The molecule has 0 radical (unpaired) electrons. The maximum Gasteiger partial charge on any atom is 0.296 e. The van der Waals surface area contributed by atoms with Crippen molar-refractivity contribution in [3.05, 3.63) is 18.2 Å². The molecule has 1 amide bonds. The van der Waals surface area contributed by atoms with Crippen LogP contribution in [0.15, 0.2) is 12.4 Å². The SMILES string of the molecule is C#CC(=O)NC(CC)c1ncc[nH]1. The number of aromatic nitrogens is 2. The number of rotatable bonds is 3. The van der Waals surface area contributed by atoms with E-state index < -0.39 is 5.91 Å². The predicted octanol–water partition coefficient (Wildman–Crippen LogP) is 0.610. The lowest BCUT2D eigenvalue weighted by Crippen LogP contribution is -2.27. The molecule has 4 nitrogen and oxygen atoms in total. The fourth-order valence-corrected chi connectivity index (χ4v) is 1.03. The quantitative estimate of drug-likeness (QED) is 0.664. The summed E-state index contributed by atoms with van der Waals surface area (Å²) in [7, 11) is 0. The van der Waals surface area contributed by atoms with E-state index in [2.05, 4.69) is 15.3 Å². The zero-order chi connectivity index (χ0) is 9.68. The Kier molecular flexibility index (Phi) is 3.09. The molecular formula is C9H11N3O. The van der Waals surface area contributed by atoms with E-state index in [1.165, 1.54) is 0 Å². The van der Waals surface area contributed by atoms with Gasteiger partial charge in [0.25, 0.3) is 5.91 Å². The van der Waals surface area contributed by atoms with Crippen LogP contribution in [0.3, 0.4) is 0 Å².